The summed E-state index contributed by atoms with van der Waals surface area (Å²) >= 11 is 0. The van der Waals surface area contributed by atoms with Crippen molar-refractivity contribution >= 4 is 5.97 Å². The van der Waals surface area contributed by atoms with Gasteiger partial charge in [0.05, 0.1) is 6.61 Å². The molecular weight excluding hydrogens is 206 g/mol. The van der Waals surface area contributed by atoms with Gasteiger partial charge in [-0.25, -0.2) is 4.79 Å². The van der Waals surface area contributed by atoms with E-state index in [4.69, 9.17) is 15.2 Å². The minimum atomic E-state index is -0.888. The van der Waals surface area contributed by atoms with Crippen molar-refractivity contribution in [3.8, 4) is 0 Å². The van der Waals surface area contributed by atoms with Gasteiger partial charge in [-0.05, 0) is 25.2 Å². The zero-order valence-electron chi connectivity index (χ0n) is 9.91. The van der Waals surface area contributed by atoms with Crippen LogP contribution in [0.3, 0.4) is 0 Å². The van der Waals surface area contributed by atoms with Crippen LogP contribution in [0.2, 0.25) is 0 Å². The van der Waals surface area contributed by atoms with E-state index in [-0.39, 0.29) is 12.1 Å². The van der Waals surface area contributed by atoms with Crippen LogP contribution in [0, 0.1) is 5.92 Å². The first-order chi connectivity index (χ1) is 7.60. The summed E-state index contributed by atoms with van der Waals surface area (Å²) in [4.78, 5) is 11.9. The van der Waals surface area contributed by atoms with Crippen molar-refractivity contribution in [3.05, 3.63) is 0 Å². The second-order valence-electron chi connectivity index (χ2n) is 5.26. The average molecular weight is 227 g/mol. The fourth-order valence-electron chi connectivity index (χ4n) is 2.50. The molecule has 0 amide bonds. The van der Waals surface area contributed by atoms with E-state index in [1.54, 1.807) is 0 Å². The van der Waals surface area contributed by atoms with Crippen LogP contribution < -0.4 is 5.73 Å². The Kier molecular flexibility index (Phi) is 3.50. The molecule has 16 heavy (non-hydrogen) atoms. The summed E-state index contributed by atoms with van der Waals surface area (Å²) in [6, 6.07) is 0. The van der Waals surface area contributed by atoms with Crippen molar-refractivity contribution in [2.75, 3.05) is 13.2 Å². The van der Waals surface area contributed by atoms with Crippen LogP contribution in [0.5, 0.6) is 0 Å². The predicted octanol–water partition coefficient (Wildman–Crippen LogP) is 1.23. The van der Waals surface area contributed by atoms with Gasteiger partial charge < -0.3 is 15.2 Å². The maximum Gasteiger partial charge on any atom is 0.328 e. The van der Waals surface area contributed by atoms with Gasteiger partial charge in [-0.3, -0.25) is 0 Å². The molecule has 2 fully saturated rings. The monoisotopic (exact) mass is 227 g/mol. The Hall–Kier alpha value is -0.610. The largest absolute Gasteiger partial charge is 0.461 e. The highest BCUT2D eigenvalue weighted by molar-refractivity contribution is 5.81. The summed E-state index contributed by atoms with van der Waals surface area (Å²) in [5.74, 6) is 0.379. The van der Waals surface area contributed by atoms with Crippen LogP contribution >= 0.6 is 0 Å². The van der Waals surface area contributed by atoms with Crippen molar-refractivity contribution in [1.29, 1.82) is 0 Å². The van der Waals surface area contributed by atoms with Crippen molar-refractivity contribution in [2.45, 2.75) is 50.7 Å². The molecular formula is C12H21NO3. The number of carbonyl (C=O) groups is 1. The van der Waals surface area contributed by atoms with E-state index in [2.05, 4.69) is 6.92 Å². The van der Waals surface area contributed by atoms with Crippen molar-refractivity contribution in [3.63, 3.8) is 0 Å². The zero-order chi connectivity index (χ0) is 11.6. The minimum Gasteiger partial charge on any atom is -0.461 e. The molecule has 2 aliphatic rings. The van der Waals surface area contributed by atoms with E-state index >= 15 is 0 Å². The smallest absolute Gasteiger partial charge is 0.328 e. The molecule has 1 aliphatic carbocycles. The molecule has 4 nitrogen and oxygen atoms in total. The maximum absolute atomic E-state index is 11.9. The molecule has 1 aliphatic heterocycles. The van der Waals surface area contributed by atoms with Crippen LogP contribution in [-0.2, 0) is 14.3 Å². The average Bonchev–Trinajstić information content (AvgIpc) is 2.66. The molecule has 0 aromatic heterocycles. The van der Waals surface area contributed by atoms with Crippen LogP contribution in [0.1, 0.15) is 39.0 Å². The molecule has 2 rings (SSSR count). The Labute approximate surface area is 96.5 Å². The molecule has 4 heteroatoms. The summed E-state index contributed by atoms with van der Waals surface area (Å²) in [5.41, 5.74) is 5.07. The van der Waals surface area contributed by atoms with E-state index in [9.17, 15) is 4.79 Å². The third kappa shape index (κ3) is 2.55. The Morgan fingerprint density at radius 3 is 2.94 bits per heavy atom. The van der Waals surface area contributed by atoms with Crippen LogP contribution in [0.15, 0.2) is 0 Å². The van der Waals surface area contributed by atoms with E-state index in [0.29, 0.717) is 25.6 Å². The lowest BCUT2D eigenvalue weighted by molar-refractivity contribution is -0.157. The van der Waals surface area contributed by atoms with Gasteiger partial charge >= 0.3 is 5.97 Å². The predicted molar refractivity (Wildman–Crippen MR) is 59.9 cm³/mol. The SMILES string of the molecule is CC1CCCC(OC(=O)C2(N)CCOC2)C1. The molecule has 3 atom stereocenters. The third-order valence-electron chi connectivity index (χ3n) is 3.62. The van der Waals surface area contributed by atoms with Crippen LogP contribution in [0.4, 0.5) is 0 Å². The first-order valence-electron chi connectivity index (χ1n) is 6.18. The van der Waals surface area contributed by atoms with Gasteiger partial charge in [-0.2, -0.15) is 0 Å². The maximum atomic E-state index is 11.9. The number of esters is 1. The lowest BCUT2D eigenvalue weighted by atomic mass is 9.88. The van der Waals surface area contributed by atoms with Crippen LogP contribution in [0.25, 0.3) is 0 Å². The van der Waals surface area contributed by atoms with Crippen LogP contribution in [-0.4, -0.2) is 30.8 Å². The number of hydrogen-bond donors (Lipinski definition) is 1. The van der Waals surface area contributed by atoms with E-state index in [0.717, 1.165) is 19.3 Å². The van der Waals surface area contributed by atoms with Gasteiger partial charge in [0.2, 0.25) is 0 Å². The number of hydrogen-bond acceptors (Lipinski definition) is 4. The Balaban J connectivity index is 1.86. The van der Waals surface area contributed by atoms with Gasteiger partial charge in [0.15, 0.2) is 0 Å². The number of rotatable bonds is 2. The first kappa shape index (κ1) is 11.9. The van der Waals surface area contributed by atoms with Gasteiger partial charge in [0.1, 0.15) is 11.6 Å². The van der Waals surface area contributed by atoms with Crippen molar-refractivity contribution in [2.24, 2.45) is 11.7 Å². The number of nitrogens with two attached hydrogens (primary N) is 1. The Morgan fingerprint density at radius 1 is 1.50 bits per heavy atom. The summed E-state index contributed by atoms with van der Waals surface area (Å²) in [6.45, 7) is 3.07. The normalized spacial score (nSPS) is 39.6. The van der Waals surface area contributed by atoms with Gasteiger partial charge in [-0.15, -0.1) is 0 Å². The lowest BCUT2D eigenvalue weighted by Gasteiger charge is -2.29. The summed E-state index contributed by atoms with van der Waals surface area (Å²) in [6.07, 6.45) is 4.99. The minimum absolute atomic E-state index is 0.0669. The quantitative estimate of drug-likeness (QED) is 0.721. The second kappa shape index (κ2) is 4.72. The molecule has 0 aromatic carbocycles. The molecule has 0 radical (unpaired) electrons. The fourth-order valence-corrected chi connectivity index (χ4v) is 2.50. The summed E-state index contributed by atoms with van der Waals surface area (Å²) < 4.78 is 10.7. The Bertz CT molecular complexity index is 261. The third-order valence-corrected chi connectivity index (χ3v) is 3.62. The topological polar surface area (TPSA) is 61.5 Å². The van der Waals surface area contributed by atoms with Gasteiger partial charge in [-0.1, -0.05) is 13.3 Å². The second-order valence-corrected chi connectivity index (χ2v) is 5.26. The standard InChI is InChI=1S/C12H21NO3/c1-9-3-2-4-10(7-9)16-11(14)12(13)5-6-15-8-12/h9-10H,2-8,13H2,1H3. The molecule has 0 aromatic rings. The van der Waals surface area contributed by atoms with E-state index in [1.807, 2.05) is 0 Å². The van der Waals surface area contributed by atoms with E-state index in [1.165, 1.54) is 6.42 Å². The van der Waals surface area contributed by atoms with Gasteiger partial charge in [0, 0.05) is 13.0 Å². The fraction of sp³-hybridized carbons (Fsp3) is 0.917. The first-order valence-corrected chi connectivity index (χ1v) is 6.18. The molecule has 1 heterocycles. The summed E-state index contributed by atoms with van der Waals surface area (Å²) in [7, 11) is 0. The molecule has 0 bridgehead atoms. The molecule has 3 unspecified atom stereocenters. The molecule has 2 N–H and O–H groups in total. The lowest BCUT2D eigenvalue weighted by Crippen LogP contribution is -2.50. The number of ether oxygens (including phenoxy) is 2. The highest BCUT2D eigenvalue weighted by atomic mass is 16.6. The van der Waals surface area contributed by atoms with Gasteiger partial charge in [0.25, 0.3) is 0 Å². The Morgan fingerprint density at radius 2 is 2.31 bits per heavy atom. The number of carbonyl (C=O) groups excluding carboxylic acids is 1. The van der Waals surface area contributed by atoms with Crippen molar-refractivity contribution < 1.29 is 14.3 Å². The molecule has 0 spiro atoms. The molecule has 92 valence electrons. The summed E-state index contributed by atoms with van der Waals surface area (Å²) in [5, 5.41) is 0. The highest BCUT2D eigenvalue weighted by Gasteiger charge is 2.41. The zero-order valence-corrected chi connectivity index (χ0v) is 9.91. The van der Waals surface area contributed by atoms with Crippen molar-refractivity contribution in [1.82, 2.24) is 0 Å². The van der Waals surface area contributed by atoms with E-state index < -0.39 is 5.54 Å². The molecule has 1 saturated heterocycles. The molecule has 1 saturated carbocycles. The highest BCUT2D eigenvalue weighted by Crippen LogP contribution is 2.27.